The molecule has 0 radical (unpaired) electrons. The molecule has 94 valence electrons. The average molecular weight is 302 g/mol. The average Bonchev–Trinajstić information content (AvgIpc) is 2.33. The Kier molecular flexibility index (Phi) is 5.93. The summed E-state index contributed by atoms with van der Waals surface area (Å²) in [6, 6.07) is 0. The summed E-state index contributed by atoms with van der Waals surface area (Å²) in [6.07, 6.45) is 3.24. The lowest BCUT2D eigenvalue weighted by Gasteiger charge is -2.09. The third-order valence-electron chi connectivity index (χ3n) is 2.05. The van der Waals surface area contributed by atoms with Gasteiger partial charge in [0.05, 0.1) is 25.0 Å². The molecule has 0 amide bonds. The molecule has 0 spiro atoms. The smallest absolute Gasteiger partial charge is 0.283 e. The molecule has 0 unspecified atom stereocenters. The number of anilines is 1. The number of nitrogens with zero attached hydrogens (tertiary/aromatic N) is 2. The first-order chi connectivity index (χ1) is 8.20. The number of aromatic nitrogens is 2. The molecule has 0 atom stereocenters. The van der Waals surface area contributed by atoms with Crippen molar-refractivity contribution in [3.05, 3.63) is 33.7 Å². The number of nitrogens with one attached hydrogen (secondary N) is 1. The Morgan fingerprint density at radius 3 is 3.12 bits per heavy atom. The van der Waals surface area contributed by atoms with Crippen molar-refractivity contribution < 1.29 is 4.74 Å². The monoisotopic (exact) mass is 301 g/mol. The van der Waals surface area contributed by atoms with Gasteiger partial charge >= 0.3 is 0 Å². The normalized spacial score (nSPS) is 10.2. The van der Waals surface area contributed by atoms with E-state index in [-0.39, 0.29) is 5.56 Å². The molecule has 0 aliphatic carbocycles. The van der Waals surface area contributed by atoms with Gasteiger partial charge < -0.3 is 10.1 Å². The van der Waals surface area contributed by atoms with Gasteiger partial charge in [0, 0.05) is 13.2 Å². The number of halogens is 1. The van der Waals surface area contributed by atoms with Crippen molar-refractivity contribution in [2.45, 2.75) is 13.5 Å². The molecule has 5 nitrogen and oxygen atoms in total. The van der Waals surface area contributed by atoms with E-state index < -0.39 is 0 Å². The highest BCUT2D eigenvalue weighted by Gasteiger charge is 2.07. The molecule has 0 saturated heterocycles. The van der Waals surface area contributed by atoms with Gasteiger partial charge in [-0.3, -0.25) is 4.79 Å². The lowest BCUT2D eigenvalue weighted by molar-refractivity contribution is 0.158. The number of rotatable bonds is 7. The summed E-state index contributed by atoms with van der Waals surface area (Å²) in [7, 11) is 0. The molecule has 0 aromatic carbocycles. The highest BCUT2D eigenvalue weighted by Crippen LogP contribution is 2.15. The number of hydrogen-bond donors (Lipinski definition) is 1. The number of ether oxygens (including phenoxy) is 1. The molecule has 1 aromatic rings. The maximum Gasteiger partial charge on any atom is 0.283 e. The van der Waals surface area contributed by atoms with E-state index in [2.05, 4.69) is 32.9 Å². The van der Waals surface area contributed by atoms with Crippen LogP contribution in [0.2, 0.25) is 0 Å². The Hall–Kier alpha value is -1.14. The molecule has 0 bridgehead atoms. The van der Waals surface area contributed by atoms with Crippen LogP contribution in [0.1, 0.15) is 6.92 Å². The van der Waals surface area contributed by atoms with E-state index in [9.17, 15) is 4.79 Å². The third kappa shape index (κ3) is 3.98. The zero-order valence-corrected chi connectivity index (χ0v) is 11.4. The third-order valence-corrected chi connectivity index (χ3v) is 2.82. The number of hydrogen-bond acceptors (Lipinski definition) is 4. The van der Waals surface area contributed by atoms with E-state index in [0.717, 1.165) is 0 Å². The molecule has 0 aliphatic heterocycles. The van der Waals surface area contributed by atoms with Gasteiger partial charge in [-0.25, -0.2) is 4.68 Å². The molecule has 0 aliphatic rings. The van der Waals surface area contributed by atoms with Crippen molar-refractivity contribution in [3.63, 3.8) is 0 Å². The Morgan fingerprint density at radius 2 is 2.47 bits per heavy atom. The van der Waals surface area contributed by atoms with Gasteiger partial charge in [0.2, 0.25) is 0 Å². The standard InChI is InChI=1S/C11H16BrN3O2/c1-3-6-15-11(16)10(12)9(8-14-15)13-5-7-17-4-2/h3,8,13H,1,4-7H2,2H3. The fourth-order valence-electron chi connectivity index (χ4n) is 1.24. The molecule has 1 aromatic heterocycles. The summed E-state index contributed by atoms with van der Waals surface area (Å²) in [4.78, 5) is 11.8. The van der Waals surface area contributed by atoms with Crippen molar-refractivity contribution in [1.82, 2.24) is 9.78 Å². The lowest BCUT2D eigenvalue weighted by Crippen LogP contribution is -2.24. The summed E-state index contributed by atoms with van der Waals surface area (Å²) < 4.78 is 7.01. The van der Waals surface area contributed by atoms with Crippen LogP contribution in [-0.2, 0) is 11.3 Å². The first-order valence-corrected chi connectivity index (χ1v) is 6.18. The molecule has 6 heteroatoms. The molecular weight excluding hydrogens is 286 g/mol. The maximum atomic E-state index is 11.8. The van der Waals surface area contributed by atoms with Gasteiger partial charge in [0.15, 0.2) is 0 Å². The minimum Gasteiger partial charge on any atom is -0.380 e. The van der Waals surface area contributed by atoms with Crippen molar-refractivity contribution >= 4 is 21.6 Å². The molecule has 0 fully saturated rings. The fourth-order valence-corrected chi connectivity index (χ4v) is 1.69. The second-order valence-electron chi connectivity index (χ2n) is 3.27. The summed E-state index contributed by atoms with van der Waals surface area (Å²) in [5.41, 5.74) is 0.501. The highest BCUT2D eigenvalue weighted by molar-refractivity contribution is 9.10. The first-order valence-electron chi connectivity index (χ1n) is 5.38. The quantitative estimate of drug-likeness (QED) is 0.614. The summed E-state index contributed by atoms with van der Waals surface area (Å²) in [6.45, 7) is 7.83. The maximum absolute atomic E-state index is 11.8. The molecule has 1 rings (SSSR count). The molecule has 0 saturated carbocycles. The van der Waals surface area contributed by atoms with Crippen LogP contribution in [0.25, 0.3) is 0 Å². The Morgan fingerprint density at radius 1 is 1.71 bits per heavy atom. The minimum absolute atomic E-state index is 0.175. The van der Waals surface area contributed by atoms with E-state index >= 15 is 0 Å². The van der Waals surface area contributed by atoms with Crippen LogP contribution in [0.15, 0.2) is 28.1 Å². The van der Waals surface area contributed by atoms with Gasteiger partial charge in [0.25, 0.3) is 5.56 Å². The van der Waals surface area contributed by atoms with Gasteiger partial charge in [-0.1, -0.05) is 6.08 Å². The Labute approximate surface area is 109 Å². The van der Waals surface area contributed by atoms with Crippen LogP contribution in [0.5, 0.6) is 0 Å². The Bertz CT molecular complexity index is 431. The van der Waals surface area contributed by atoms with Gasteiger partial charge in [-0.15, -0.1) is 6.58 Å². The van der Waals surface area contributed by atoms with Gasteiger partial charge in [-0.05, 0) is 22.9 Å². The molecular formula is C11H16BrN3O2. The van der Waals surface area contributed by atoms with Crippen molar-refractivity contribution in [2.24, 2.45) is 0 Å². The topological polar surface area (TPSA) is 56.1 Å². The van der Waals surface area contributed by atoms with E-state index in [1.165, 1.54) is 4.68 Å². The van der Waals surface area contributed by atoms with Crippen LogP contribution >= 0.6 is 15.9 Å². The summed E-state index contributed by atoms with van der Waals surface area (Å²) >= 11 is 3.26. The lowest BCUT2D eigenvalue weighted by atomic mass is 10.4. The fraction of sp³-hybridized carbons (Fsp3) is 0.455. The van der Waals surface area contributed by atoms with Crippen molar-refractivity contribution in [2.75, 3.05) is 25.1 Å². The van der Waals surface area contributed by atoms with Crippen LogP contribution in [-0.4, -0.2) is 29.5 Å². The molecule has 1 heterocycles. The van der Waals surface area contributed by atoms with Gasteiger partial charge in [0.1, 0.15) is 4.47 Å². The van der Waals surface area contributed by atoms with Crippen LogP contribution in [0.3, 0.4) is 0 Å². The van der Waals surface area contributed by atoms with E-state index in [4.69, 9.17) is 4.74 Å². The second-order valence-corrected chi connectivity index (χ2v) is 4.06. The van der Waals surface area contributed by atoms with Crippen LogP contribution in [0, 0.1) is 0 Å². The number of allylic oxidation sites excluding steroid dienone is 1. The molecule has 1 N–H and O–H groups in total. The Balaban J connectivity index is 2.71. The van der Waals surface area contributed by atoms with E-state index in [1.807, 2.05) is 6.92 Å². The SMILES string of the molecule is C=CCn1ncc(NCCOCC)c(Br)c1=O. The van der Waals surface area contributed by atoms with Crippen LogP contribution < -0.4 is 10.9 Å². The highest BCUT2D eigenvalue weighted by atomic mass is 79.9. The first kappa shape index (κ1) is 13.9. The zero-order chi connectivity index (χ0) is 12.7. The predicted octanol–water partition coefficient (Wildman–Crippen LogP) is 1.64. The van der Waals surface area contributed by atoms with Crippen molar-refractivity contribution in [3.8, 4) is 0 Å². The van der Waals surface area contributed by atoms with E-state index in [1.54, 1.807) is 12.3 Å². The largest absolute Gasteiger partial charge is 0.380 e. The van der Waals surface area contributed by atoms with Gasteiger partial charge in [-0.2, -0.15) is 5.10 Å². The zero-order valence-electron chi connectivity index (χ0n) is 9.78. The van der Waals surface area contributed by atoms with Crippen LogP contribution in [0.4, 0.5) is 5.69 Å². The summed E-state index contributed by atoms with van der Waals surface area (Å²) in [5.74, 6) is 0. The second kappa shape index (κ2) is 7.24. The minimum atomic E-state index is -0.175. The molecule has 17 heavy (non-hydrogen) atoms. The van der Waals surface area contributed by atoms with Crippen molar-refractivity contribution in [1.29, 1.82) is 0 Å². The summed E-state index contributed by atoms with van der Waals surface area (Å²) in [5, 5.41) is 7.11. The van der Waals surface area contributed by atoms with E-state index in [0.29, 0.717) is 36.5 Å². The predicted molar refractivity (Wildman–Crippen MR) is 71.4 cm³/mol.